The van der Waals surface area contributed by atoms with Crippen LogP contribution in [0.5, 0.6) is 0 Å². The number of carbonyl (C=O) groups excluding carboxylic acids is 1. The number of amides is 1. The Morgan fingerprint density at radius 1 is 1.48 bits per heavy atom. The molecule has 0 saturated carbocycles. The monoisotopic (exact) mass is 304 g/mol. The Hall–Kier alpha value is -2.34. The molecule has 0 aliphatic carbocycles. The average Bonchev–Trinajstić information content (AvgIpc) is 3.01. The highest BCUT2D eigenvalue weighted by Crippen LogP contribution is 2.19. The van der Waals surface area contributed by atoms with Crippen LogP contribution in [0.25, 0.3) is 5.65 Å². The summed E-state index contributed by atoms with van der Waals surface area (Å²) in [6, 6.07) is 5.09. The van der Waals surface area contributed by atoms with Crippen molar-refractivity contribution >= 4 is 29.0 Å². The summed E-state index contributed by atoms with van der Waals surface area (Å²) in [5, 5.41) is 7.04. The molecule has 3 heterocycles. The number of nitrogens with zero attached hydrogens (tertiary/aromatic N) is 3. The van der Waals surface area contributed by atoms with Crippen molar-refractivity contribution in [3.05, 3.63) is 46.6 Å². The van der Waals surface area contributed by atoms with Crippen LogP contribution in [0.3, 0.4) is 0 Å². The molecule has 3 rings (SSSR count). The summed E-state index contributed by atoms with van der Waals surface area (Å²) < 4.78 is 6.65. The SMILES string of the molecule is CCc1nc2cc(Cl)ccn2c1C(=O)Nc1cc(C)on1. The van der Waals surface area contributed by atoms with Crippen LogP contribution in [-0.2, 0) is 6.42 Å². The van der Waals surface area contributed by atoms with E-state index >= 15 is 0 Å². The summed E-state index contributed by atoms with van der Waals surface area (Å²) >= 11 is 5.96. The Morgan fingerprint density at radius 3 is 2.95 bits per heavy atom. The number of aromatic nitrogens is 3. The van der Waals surface area contributed by atoms with Crippen molar-refractivity contribution in [1.29, 1.82) is 0 Å². The molecule has 0 radical (unpaired) electrons. The molecule has 0 aromatic carbocycles. The largest absolute Gasteiger partial charge is 0.360 e. The summed E-state index contributed by atoms with van der Waals surface area (Å²) in [7, 11) is 0. The van der Waals surface area contributed by atoms with E-state index in [0.717, 1.165) is 0 Å². The Kier molecular flexibility index (Phi) is 3.39. The van der Waals surface area contributed by atoms with E-state index in [0.29, 0.717) is 40.1 Å². The molecule has 1 N–H and O–H groups in total. The van der Waals surface area contributed by atoms with Gasteiger partial charge in [-0.2, -0.15) is 0 Å². The third-order valence-electron chi connectivity index (χ3n) is 3.08. The lowest BCUT2D eigenvalue weighted by Crippen LogP contribution is -2.16. The van der Waals surface area contributed by atoms with Gasteiger partial charge in [-0.05, 0) is 19.4 Å². The lowest BCUT2D eigenvalue weighted by molar-refractivity contribution is 0.101. The number of imidazole rings is 1. The fraction of sp³-hybridized carbons (Fsp3) is 0.214. The molecule has 0 aliphatic heterocycles. The number of hydrogen-bond donors (Lipinski definition) is 1. The minimum Gasteiger partial charge on any atom is -0.360 e. The van der Waals surface area contributed by atoms with Gasteiger partial charge < -0.3 is 9.84 Å². The number of fused-ring (bicyclic) bond motifs is 1. The number of aryl methyl sites for hydroxylation is 2. The molecule has 0 bridgehead atoms. The van der Waals surface area contributed by atoms with Gasteiger partial charge in [-0.3, -0.25) is 9.20 Å². The van der Waals surface area contributed by atoms with Gasteiger partial charge >= 0.3 is 0 Å². The number of hydrogen-bond acceptors (Lipinski definition) is 4. The second-order valence-electron chi connectivity index (χ2n) is 4.61. The van der Waals surface area contributed by atoms with Gasteiger partial charge in [0.05, 0.1) is 5.69 Å². The summed E-state index contributed by atoms with van der Waals surface area (Å²) in [4.78, 5) is 16.9. The molecule has 0 spiro atoms. The third-order valence-corrected chi connectivity index (χ3v) is 3.32. The lowest BCUT2D eigenvalue weighted by Gasteiger charge is -2.03. The fourth-order valence-corrected chi connectivity index (χ4v) is 2.31. The van der Waals surface area contributed by atoms with Crippen molar-refractivity contribution in [2.75, 3.05) is 5.32 Å². The van der Waals surface area contributed by atoms with E-state index in [1.54, 1.807) is 35.7 Å². The van der Waals surface area contributed by atoms with Crippen molar-refractivity contribution in [3.63, 3.8) is 0 Å². The maximum absolute atomic E-state index is 12.5. The smallest absolute Gasteiger partial charge is 0.275 e. The van der Waals surface area contributed by atoms with Crippen molar-refractivity contribution in [1.82, 2.24) is 14.5 Å². The summed E-state index contributed by atoms with van der Waals surface area (Å²) in [5.74, 6) is 0.726. The van der Waals surface area contributed by atoms with Gasteiger partial charge in [-0.25, -0.2) is 4.98 Å². The zero-order valence-electron chi connectivity index (χ0n) is 11.6. The van der Waals surface area contributed by atoms with E-state index in [1.165, 1.54) is 0 Å². The molecule has 108 valence electrons. The quantitative estimate of drug-likeness (QED) is 0.807. The van der Waals surface area contributed by atoms with Crippen LogP contribution in [-0.4, -0.2) is 20.4 Å². The highest BCUT2D eigenvalue weighted by Gasteiger charge is 2.19. The van der Waals surface area contributed by atoms with Crippen molar-refractivity contribution < 1.29 is 9.32 Å². The van der Waals surface area contributed by atoms with Crippen LogP contribution in [0.4, 0.5) is 5.82 Å². The predicted octanol–water partition coefficient (Wildman–Crippen LogP) is 3.10. The number of nitrogens with one attached hydrogen (secondary N) is 1. The highest BCUT2D eigenvalue weighted by atomic mass is 35.5. The fourth-order valence-electron chi connectivity index (χ4n) is 2.16. The van der Waals surface area contributed by atoms with Crippen molar-refractivity contribution in [2.45, 2.75) is 20.3 Å². The van der Waals surface area contributed by atoms with Crippen LogP contribution in [0, 0.1) is 6.92 Å². The molecule has 0 fully saturated rings. The first-order valence-corrected chi connectivity index (χ1v) is 6.87. The molecule has 0 unspecified atom stereocenters. The van der Waals surface area contributed by atoms with Crippen LogP contribution in [0.1, 0.15) is 28.9 Å². The topological polar surface area (TPSA) is 72.4 Å². The Labute approximate surface area is 125 Å². The number of pyridine rings is 1. The zero-order valence-corrected chi connectivity index (χ0v) is 12.3. The number of rotatable bonds is 3. The van der Waals surface area contributed by atoms with Gasteiger partial charge in [0.25, 0.3) is 5.91 Å². The molecule has 0 saturated heterocycles. The van der Waals surface area contributed by atoms with E-state index in [9.17, 15) is 4.79 Å². The molecule has 6 nitrogen and oxygen atoms in total. The van der Waals surface area contributed by atoms with E-state index in [-0.39, 0.29) is 5.91 Å². The first-order chi connectivity index (χ1) is 10.1. The molecule has 7 heteroatoms. The molecule has 0 atom stereocenters. The van der Waals surface area contributed by atoms with Gasteiger partial charge in [0, 0.05) is 23.4 Å². The van der Waals surface area contributed by atoms with Crippen LogP contribution in [0.2, 0.25) is 5.02 Å². The predicted molar refractivity (Wildman–Crippen MR) is 78.8 cm³/mol. The molecule has 21 heavy (non-hydrogen) atoms. The van der Waals surface area contributed by atoms with E-state index in [1.807, 2.05) is 6.92 Å². The first kappa shape index (κ1) is 13.6. The molecule has 3 aromatic rings. The summed E-state index contributed by atoms with van der Waals surface area (Å²) in [5.41, 5.74) is 1.82. The van der Waals surface area contributed by atoms with Crippen molar-refractivity contribution in [2.24, 2.45) is 0 Å². The summed E-state index contributed by atoms with van der Waals surface area (Å²) in [6.07, 6.45) is 2.37. The van der Waals surface area contributed by atoms with Crippen LogP contribution in [0.15, 0.2) is 28.9 Å². The van der Waals surface area contributed by atoms with E-state index < -0.39 is 0 Å². The van der Waals surface area contributed by atoms with E-state index in [2.05, 4.69) is 15.5 Å². The standard InChI is InChI=1S/C14H13ClN4O2/c1-3-10-13(14(20)17-11-6-8(2)21-18-11)19-5-4-9(15)7-12(19)16-10/h4-7H,3H2,1-2H3,(H,17,18,20). The van der Waals surface area contributed by atoms with Gasteiger partial charge in [0.1, 0.15) is 17.1 Å². The third kappa shape index (κ3) is 2.50. The lowest BCUT2D eigenvalue weighted by atomic mass is 10.2. The second kappa shape index (κ2) is 5.21. The average molecular weight is 305 g/mol. The van der Waals surface area contributed by atoms with Crippen molar-refractivity contribution in [3.8, 4) is 0 Å². The maximum atomic E-state index is 12.5. The minimum atomic E-state index is -0.282. The normalized spacial score (nSPS) is 11.0. The Bertz CT molecular complexity index is 822. The second-order valence-corrected chi connectivity index (χ2v) is 5.05. The Balaban J connectivity index is 2.03. The van der Waals surface area contributed by atoms with Gasteiger partial charge in [-0.15, -0.1) is 0 Å². The van der Waals surface area contributed by atoms with Crippen LogP contribution < -0.4 is 5.32 Å². The number of anilines is 1. The molecule has 0 aliphatic rings. The molecule has 3 aromatic heterocycles. The molecular formula is C14H13ClN4O2. The molecular weight excluding hydrogens is 292 g/mol. The first-order valence-electron chi connectivity index (χ1n) is 6.49. The van der Waals surface area contributed by atoms with Gasteiger partial charge in [-0.1, -0.05) is 23.7 Å². The Morgan fingerprint density at radius 2 is 2.29 bits per heavy atom. The zero-order chi connectivity index (χ0) is 15.0. The summed E-state index contributed by atoms with van der Waals surface area (Å²) in [6.45, 7) is 3.71. The molecule has 1 amide bonds. The minimum absolute atomic E-state index is 0.282. The van der Waals surface area contributed by atoms with Gasteiger partial charge in [0.15, 0.2) is 5.82 Å². The van der Waals surface area contributed by atoms with Gasteiger partial charge in [0.2, 0.25) is 0 Å². The number of halogens is 1. The number of carbonyl (C=O) groups is 1. The van der Waals surface area contributed by atoms with Crippen LogP contribution >= 0.6 is 11.6 Å². The maximum Gasteiger partial charge on any atom is 0.275 e. The van der Waals surface area contributed by atoms with E-state index in [4.69, 9.17) is 16.1 Å². The highest BCUT2D eigenvalue weighted by molar-refractivity contribution is 6.30.